The van der Waals surface area contributed by atoms with Crippen molar-refractivity contribution < 1.29 is 19.1 Å². The Morgan fingerprint density at radius 3 is 2.39 bits per heavy atom. The van der Waals surface area contributed by atoms with Crippen LogP contribution in [0.15, 0.2) is 60.7 Å². The molecular formula is C26H31N3O4. The monoisotopic (exact) mass is 449 g/mol. The lowest BCUT2D eigenvalue weighted by molar-refractivity contribution is -0.159. The van der Waals surface area contributed by atoms with Gasteiger partial charge in [0.2, 0.25) is 5.91 Å². The van der Waals surface area contributed by atoms with E-state index in [1.807, 2.05) is 30.3 Å². The van der Waals surface area contributed by atoms with Gasteiger partial charge in [-0.3, -0.25) is 14.4 Å². The molecule has 1 amide bonds. The number of nitrogens with two attached hydrogens (primary N) is 2. The second-order valence-electron chi connectivity index (χ2n) is 8.47. The molecule has 0 radical (unpaired) electrons. The number of carbonyl (C=O) groups excluding carboxylic acids is 3. The first-order chi connectivity index (χ1) is 15.8. The van der Waals surface area contributed by atoms with Crippen LogP contribution in [0.5, 0.6) is 0 Å². The van der Waals surface area contributed by atoms with Crippen molar-refractivity contribution in [1.82, 2.24) is 4.90 Å². The third-order valence-corrected chi connectivity index (χ3v) is 6.40. The second kappa shape index (κ2) is 10.4. The minimum Gasteiger partial charge on any atom is -0.468 e. The number of nitrogen functional groups attached to an aromatic ring is 1. The Bertz CT molecular complexity index is 1020. The Labute approximate surface area is 194 Å². The fourth-order valence-electron chi connectivity index (χ4n) is 4.51. The molecule has 1 heterocycles. The van der Waals surface area contributed by atoms with Gasteiger partial charge in [-0.05, 0) is 55.6 Å². The van der Waals surface area contributed by atoms with Gasteiger partial charge in [-0.25, -0.2) is 0 Å². The maximum Gasteiger partial charge on any atom is 0.321 e. The van der Waals surface area contributed by atoms with E-state index in [-0.39, 0.29) is 12.3 Å². The van der Waals surface area contributed by atoms with E-state index in [1.165, 1.54) is 25.0 Å². The van der Waals surface area contributed by atoms with E-state index in [9.17, 15) is 14.4 Å². The van der Waals surface area contributed by atoms with E-state index in [0.29, 0.717) is 18.7 Å². The summed E-state index contributed by atoms with van der Waals surface area (Å²) in [5.41, 5.74) is 12.8. The first-order valence-electron chi connectivity index (χ1n) is 11.0. The number of hydrogen-bond donors (Lipinski definition) is 2. The predicted molar refractivity (Wildman–Crippen MR) is 128 cm³/mol. The van der Waals surface area contributed by atoms with Crippen molar-refractivity contribution >= 4 is 29.4 Å². The van der Waals surface area contributed by atoms with E-state index in [1.54, 1.807) is 30.3 Å². The summed E-state index contributed by atoms with van der Waals surface area (Å²) in [5, 5.41) is 0. The van der Waals surface area contributed by atoms with Crippen LogP contribution in [0.2, 0.25) is 0 Å². The molecule has 2 aromatic carbocycles. The van der Waals surface area contributed by atoms with Crippen LogP contribution >= 0.6 is 0 Å². The van der Waals surface area contributed by atoms with E-state index < -0.39 is 29.3 Å². The number of anilines is 1. The quantitative estimate of drug-likeness (QED) is 0.263. The first kappa shape index (κ1) is 24.2. The number of carbonyl (C=O) groups is 3. The van der Waals surface area contributed by atoms with Gasteiger partial charge >= 0.3 is 5.97 Å². The maximum absolute atomic E-state index is 13.4. The Kier molecular flexibility index (Phi) is 7.66. The smallest absolute Gasteiger partial charge is 0.321 e. The SMILES string of the molecule is COC(=O)[C@]1(C)C(=O)N(CCCc2ccccc2)[C@H](C(=O)C=Cc2ccc(N)cc2)C1CN. The molecule has 7 nitrogen and oxygen atoms in total. The zero-order chi connectivity index (χ0) is 24.0. The van der Waals surface area contributed by atoms with Crippen LogP contribution in [-0.2, 0) is 25.5 Å². The van der Waals surface area contributed by atoms with E-state index in [2.05, 4.69) is 0 Å². The number of amides is 1. The van der Waals surface area contributed by atoms with Crippen molar-refractivity contribution in [2.24, 2.45) is 17.1 Å². The largest absolute Gasteiger partial charge is 0.468 e. The molecule has 0 saturated carbocycles. The van der Waals surface area contributed by atoms with Crippen LogP contribution in [0.25, 0.3) is 6.08 Å². The van der Waals surface area contributed by atoms with Gasteiger partial charge in [-0.1, -0.05) is 48.5 Å². The van der Waals surface area contributed by atoms with Crippen molar-refractivity contribution in [3.63, 3.8) is 0 Å². The number of ketones is 1. The molecule has 0 spiro atoms. The molecular weight excluding hydrogens is 418 g/mol. The third kappa shape index (κ3) is 4.98. The summed E-state index contributed by atoms with van der Waals surface area (Å²) >= 11 is 0. The highest BCUT2D eigenvalue weighted by molar-refractivity contribution is 6.10. The molecule has 174 valence electrons. The van der Waals surface area contributed by atoms with Crippen molar-refractivity contribution in [3.05, 3.63) is 71.8 Å². The summed E-state index contributed by atoms with van der Waals surface area (Å²) in [5.74, 6) is -2.06. The van der Waals surface area contributed by atoms with Crippen LogP contribution in [0.3, 0.4) is 0 Å². The van der Waals surface area contributed by atoms with Gasteiger partial charge in [0.25, 0.3) is 0 Å². The summed E-state index contributed by atoms with van der Waals surface area (Å²) in [6.07, 6.45) is 4.51. The van der Waals surface area contributed by atoms with Crippen LogP contribution in [0.4, 0.5) is 5.69 Å². The molecule has 7 heteroatoms. The number of aryl methyl sites for hydroxylation is 1. The summed E-state index contributed by atoms with van der Waals surface area (Å²) < 4.78 is 4.95. The highest BCUT2D eigenvalue weighted by Gasteiger charge is 2.62. The molecule has 0 aliphatic carbocycles. The Hall–Kier alpha value is -3.45. The summed E-state index contributed by atoms with van der Waals surface area (Å²) in [4.78, 5) is 41.0. The van der Waals surface area contributed by atoms with Gasteiger partial charge in [0.15, 0.2) is 5.78 Å². The molecule has 1 aliphatic heterocycles. The van der Waals surface area contributed by atoms with E-state index in [0.717, 1.165) is 17.5 Å². The predicted octanol–water partition coefficient (Wildman–Crippen LogP) is 2.45. The molecule has 1 saturated heterocycles. The Balaban J connectivity index is 1.87. The number of likely N-dealkylation sites (tertiary alicyclic amines) is 1. The van der Waals surface area contributed by atoms with E-state index >= 15 is 0 Å². The summed E-state index contributed by atoms with van der Waals surface area (Å²) in [7, 11) is 1.24. The topological polar surface area (TPSA) is 116 Å². The Morgan fingerprint density at radius 1 is 1.12 bits per heavy atom. The summed E-state index contributed by atoms with van der Waals surface area (Å²) in [6.45, 7) is 1.86. The van der Waals surface area contributed by atoms with Crippen LogP contribution in [0, 0.1) is 11.3 Å². The molecule has 4 N–H and O–H groups in total. The van der Waals surface area contributed by atoms with E-state index in [4.69, 9.17) is 16.2 Å². The summed E-state index contributed by atoms with van der Waals surface area (Å²) in [6, 6.07) is 16.2. The number of hydrogen-bond acceptors (Lipinski definition) is 6. The molecule has 1 fully saturated rings. The van der Waals surface area contributed by atoms with Crippen LogP contribution < -0.4 is 11.5 Å². The number of nitrogens with zero attached hydrogens (tertiary/aromatic N) is 1. The minimum atomic E-state index is -1.51. The van der Waals surface area contributed by atoms with Crippen molar-refractivity contribution in [2.45, 2.75) is 25.8 Å². The number of esters is 1. The molecule has 1 unspecified atom stereocenters. The fourth-order valence-corrected chi connectivity index (χ4v) is 4.51. The average molecular weight is 450 g/mol. The number of ether oxygens (including phenoxy) is 1. The van der Waals surface area contributed by atoms with Gasteiger partial charge in [-0.2, -0.15) is 0 Å². The van der Waals surface area contributed by atoms with Gasteiger partial charge in [0.05, 0.1) is 7.11 Å². The lowest BCUT2D eigenvalue weighted by Crippen LogP contribution is -2.45. The van der Waals surface area contributed by atoms with Crippen LogP contribution in [-0.4, -0.2) is 48.8 Å². The molecule has 3 rings (SSSR count). The molecule has 0 bridgehead atoms. The third-order valence-electron chi connectivity index (χ3n) is 6.40. The Morgan fingerprint density at radius 2 is 1.79 bits per heavy atom. The lowest BCUT2D eigenvalue weighted by atomic mass is 9.75. The standard InChI is InChI=1S/C26H31N3O4/c1-26(25(32)33-2)21(17-27)23(22(30)15-12-19-10-13-20(28)14-11-19)29(24(26)31)16-6-9-18-7-4-3-5-8-18/h3-5,7-8,10-15,21,23H,6,9,16-17,27-28H2,1-2H3/t21?,23-,26-/m0/s1. The van der Waals surface area contributed by atoms with Crippen molar-refractivity contribution in [2.75, 3.05) is 25.9 Å². The number of rotatable bonds is 9. The number of benzene rings is 2. The number of methoxy groups -OCH3 is 1. The van der Waals surface area contributed by atoms with Crippen molar-refractivity contribution in [1.29, 1.82) is 0 Å². The van der Waals surface area contributed by atoms with Gasteiger partial charge in [0.1, 0.15) is 11.5 Å². The molecule has 3 atom stereocenters. The first-order valence-corrected chi connectivity index (χ1v) is 11.0. The van der Waals surface area contributed by atoms with Gasteiger partial charge < -0.3 is 21.1 Å². The lowest BCUT2D eigenvalue weighted by Gasteiger charge is -2.27. The average Bonchev–Trinajstić information content (AvgIpc) is 3.05. The van der Waals surface area contributed by atoms with Crippen molar-refractivity contribution in [3.8, 4) is 0 Å². The molecule has 1 aliphatic rings. The molecule has 2 aromatic rings. The zero-order valence-electron chi connectivity index (χ0n) is 19.1. The maximum atomic E-state index is 13.4. The minimum absolute atomic E-state index is 0.00135. The highest BCUT2D eigenvalue weighted by Crippen LogP contribution is 2.42. The fraction of sp³-hybridized carbons (Fsp3) is 0.346. The molecule has 33 heavy (non-hydrogen) atoms. The second-order valence-corrected chi connectivity index (χ2v) is 8.47. The highest BCUT2D eigenvalue weighted by atomic mass is 16.5. The molecule has 0 aromatic heterocycles. The normalized spacial score (nSPS) is 22.6. The van der Waals surface area contributed by atoms with Crippen LogP contribution in [0.1, 0.15) is 24.5 Å². The van der Waals surface area contributed by atoms with Gasteiger partial charge in [0, 0.05) is 18.2 Å². The van der Waals surface area contributed by atoms with Gasteiger partial charge in [-0.15, -0.1) is 0 Å². The zero-order valence-corrected chi connectivity index (χ0v) is 19.1.